The van der Waals surface area contributed by atoms with Crippen LogP contribution in [0, 0.1) is 0 Å². The normalized spacial score (nSPS) is 13.7. The molecule has 0 bridgehead atoms. The van der Waals surface area contributed by atoms with Crippen molar-refractivity contribution < 1.29 is 58.5 Å². The molecule has 2 aromatic carbocycles. The topological polar surface area (TPSA) is 337 Å². The fourth-order valence-electron chi connectivity index (χ4n) is 5.82. The zero-order chi connectivity index (χ0) is 46.0. The summed E-state index contributed by atoms with van der Waals surface area (Å²) in [5.74, 6) is -7.23. The summed E-state index contributed by atoms with van der Waals surface area (Å²) in [6.45, 7) is -0.241. The molecule has 2 rings (SSSR count). The number of carbonyl (C=O) groups is 9. The number of carboxylic acid groups (broad SMARTS) is 1. The van der Waals surface area contributed by atoms with Gasteiger partial charge in [-0.05, 0) is 83.2 Å². The van der Waals surface area contributed by atoms with Gasteiger partial charge in [-0.25, -0.2) is 0 Å². The van der Waals surface area contributed by atoms with E-state index < -0.39 is 90.9 Å². The van der Waals surface area contributed by atoms with Crippen LogP contribution >= 0.6 is 0 Å². The second kappa shape index (κ2) is 28.1. The van der Waals surface area contributed by atoms with E-state index in [1.165, 1.54) is 14.0 Å². The highest BCUT2D eigenvalue weighted by atomic mass is 16.4. The number of aliphatic hydroxyl groups is 2. The van der Waals surface area contributed by atoms with Gasteiger partial charge in [-0.1, -0.05) is 36.4 Å². The lowest BCUT2D eigenvalue weighted by Gasteiger charge is -2.26. The molecule has 340 valence electrons. The van der Waals surface area contributed by atoms with Gasteiger partial charge >= 0.3 is 5.97 Å². The second-order valence-electron chi connectivity index (χ2n) is 14.3. The summed E-state index contributed by atoms with van der Waals surface area (Å²) in [7, 11) is 1.44. The Morgan fingerprint density at radius 3 is 1.27 bits per heavy atom. The number of hydrogen-bond acceptors (Lipinski definition) is 12. The molecule has 0 saturated heterocycles. The number of carbonyl (C=O) groups excluding carboxylic acids is 8. The molecule has 6 atom stereocenters. The van der Waals surface area contributed by atoms with Crippen LogP contribution in [-0.2, 0) is 33.6 Å². The number of unbranched alkanes of at least 4 members (excludes halogenated alkanes) is 2. The molecular formula is C41H59N9O12. The average molecular weight is 870 g/mol. The number of primary amides is 1. The quantitative estimate of drug-likeness (QED) is 0.0379. The van der Waals surface area contributed by atoms with E-state index in [2.05, 4.69) is 42.5 Å². The predicted molar refractivity (Wildman–Crippen MR) is 224 cm³/mol. The van der Waals surface area contributed by atoms with Gasteiger partial charge in [0.25, 0.3) is 11.8 Å². The molecule has 0 fully saturated rings. The number of rotatable bonds is 29. The van der Waals surface area contributed by atoms with E-state index in [1.54, 1.807) is 60.7 Å². The SMILES string of the molecule is CN[C@@H](CCC(N)=O)C(=O)N[C@@H](CO)C(=O)N[C@@H](CCCCNC(=O)c1ccccc1)C(=O)N[C@@H](CO)C(=O)N[C@@H](CCCCNC(=O)c1ccccc1)C(=O)N[C@@H](C)C(=O)O. The minimum Gasteiger partial charge on any atom is -0.480 e. The Balaban J connectivity index is 2.18. The number of hydrogen-bond donors (Lipinski definition) is 12. The summed E-state index contributed by atoms with van der Waals surface area (Å²) >= 11 is 0. The van der Waals surface area contributed by atoms with Gasteiger partial charge in [-0.3, -0.25) is 43.2 Å². The summed E-state index contributed by atoms with van der Waals surface area (Å²) in [5, 5.41) is 49.6. The van der Waals surface area contributed by atoms with E-state index in [9.17, 15) is 58.5 Å². The summed E-state index contributed by atoms with van der Waals surface area (Å²) < 4.78 is 0. The van der Waals surface area contributed by atoms with Gasteiger partial charge in [0.2, 0.25) is 35.4 Å². The maximum absolute atomic E-state index is 13.7. The molecule has 13 N–H and O–H groups in total. The van der Waals surface area contributed by atoms with Crippen LogP contribution in [-0.4, -0.2) is 138 Å². The maximum atomic E-state index is 13.7. The van der Waals surface area contributed by atoms with Gasteiger partial charge in [-0.15, -0.1) is 0 Å². The van der Waals surface area contributed by atoms with E-state index in [-0.39, 0.29) is 63.4 Å². The highest BCUT2D eigenvalue weighted by Gasteiger charge is 2.32. The zero-order valence-electron chi connectivity index (χ0n) is 34.8. The van der Waals surface area contributed by atoms with Crippen molar-refractivity contribution in [2.75, 3.05) is 33.4 Å². The Kier molecular flexibility index (Phi) is 23.5. The molecule has 8 amide bonds. The molecule has 0 spiro atoms. The van der Waals surface area contributed by atoms with E-state index in [0.29, 0.717) is 24.0 Å². The lowest BCUT2D eigenvalue weighted by molar-refractivity contribution is -0.142. The van der Waals surface area contributed by atoms with E-state index in [0.717, 1.165) is 0 Å². The number of benzene rings is 2. The van der Waals surface area contributed by atoms with Crippen molar-refractivity contribution in [1.82, 2.24) is 42.5 Å². The number of nitrogens with two attached hydrogens (primary N) is 1. The third-order valence-electron chi connectivity index (χ3n) is 9.45. The van der Waals surface area contributed by atoms with E-state index in [1.807, 2.05) is 0 Å². The Labute approximate surface area is 359 Å². The van der Waals surface area contributed by atoms with E-state index in [4.69, 9.17) is 5.73 Å². The van der Waals surface area contributed by atoms with E-state index >= 15 is 0 Å². The van der Waals surface area contributed by atoms with Gasteiger partial charge in [-0.2, -0.15) is 0 Å². The van der Waals surface area contributed by atoms with Crippen LogP contribution < -0.4 is 48.3 Å². The largest absolute Gasteiger partial charge is 0.480 e. The number of aliphatic carboxylic acids is 1. The first kappa shape index (κ1) is 51.7. The molecule has 0 aliphatic heterocycles. The Morgan fingerprint density at radius 2 is 0.903 bits per heavy atom. The minimum atomic E-state index is -1.68. The van der Waals surface area contributed by atoms with Crippen LogP contribution in [0.15, 0.2) is 60.7 Å². The fourth-order valence-corrected chi connectivity index (χ4v) is 5.82. The van der Waals surface area contributed by atoms with Crippen LogP contribution in [0.4, 0.5) is 0 Å². The van der Waals surface area contributed by atoms with Crippen molar-refractivity contribution in [3.63, 3.8) is 0 Å². The van der Waals surface area contributed by atoms with Crippen molar-refractivity contribution >= 4 is 53.2 Å². The maximum Gasteiger partial charge on any atom is 0.325 e. The number of nitrogens with one attached hydrogen (secondary N) is 8. The first-order chi connectivity index (χ1) is 29.6. The highest BCUT2D eigenvalue weighted by Crippen LogP contribution is 2.07. The van der Waals surface area contributed by atoms with Crippen LogP contribution in [0.25, 0.3) is 0 Å². The molecule has 21 nitrogen and oxygen atoms in total. The van der Waals surface area contributed by atoms with Gasteiger partial charge in [0.1, 0.15) is 30.2 Å². The van der Waals surface area contributed by atoms with Crippen LogP contribution in [0.1, 0.15) is 79.0 Å². The molecule has 2 aromatic rings. The monoisotopic (exact) mass is 869 g/mol. The standard InChI is InChI=1S/C41H59N9O12/c1-25(41(61)62)46-37(57)29(17-9-11-21-44-34(54)26-13-5-3-6-14-26)47-40(60)32(24-52)50-38(58)30(18-10-12-22-45-35(55)27-15-7-4-8-16-27)48-39(59)31(23-51)49-36(56)28(43-2)19-20-33(42)53/h3-8,13-16,25,28-32,43,51-52H,9-12,17-24H2,1-2H3,(H2,42,53)(H,44,54)(H,45,55)(H,46,57)(H,47,60)(H,48,59)(H,49,56)(H,50,58)(H,61,62)/t25-,28-,29-,30-,31-,32-/m0/s1. The molecule has 0 aliphatic rings. The number of aliphatic hydroxyl groups excluding tert-OH is 2. The molecular weight excluding hydrogens is 811 g/mol. The zero-order valence-corrected chi connectivity index (χ0v) is 34.8. The summed E-state index contributed by atoms with van der Waals surface area (Å²) in [4.78, 5) is 114. The van der Waals surface area contributed by atoms with Crippen molar-refractivity contribution in [3.05, 3.63) is 71.8 Å². The van der Waals surface area contributed by atoms with Crippen LogP contribution in [0.5, 0.6) is 0 Å². The molecule has 0 unspecified atom stereocenters. The summed E-state index contributed by atoms with van der Waals surface area (Å²) in [6, 6.07) is 8.60. The number of likely N-dealkylation sites (N-methyl/N-ethyl adjacent to an activating group) is 1. The molecule has 0 heterocycles. The first-order valence-electron chi connectivity index (χ1n) is 20.2. The molecule has 21 heteroatoms. The first-order valence-corrected chi connectivity index (χ1v) is 20.2. The van der Waals surface area contributed by atoms with Crippen molar-refractivity contribution in [1.29, 1.82) is 0 Å². The highest BCUT2D eigenvalue weighted by molar-refractivity contribution is 5.97. The van der Waals surface area contributed by atoms with Crippen LogP contribution in [0.3, 0.4) is 0 Å². The van der Waals surface area contributed by atoms with Crippen molar-refractivity contribution in [3.8, 4) is 0 Å². The lowest BCUT2D eigenvalue weighted by Crippen LogP contribution is -2.60. The smallest absolute Gasteiger partial charge is 0.325 e. The minimum absolute atomic E-state index is 0.0119. The van der Waals surface area contributed by atoms with Gasteiger partial charge < -0.3 is 63.6 Å². The number of amides is 8. The average Bonchev–Trinajstić information content (AvgIpc) is 3.26. The predicted octanol–water partition coefficient (Wildman–Crippen LogP) is -2.45. The molecule has 0 aromatic heterocycles. The molecule has 0 radical (unpaired) electrons. The third-order valence-corrected chi connectivity index (χ3v) is 9.45. The Hall–Kier alpha value is -6.45. The molecule has 0 saturated carbocycles. The second-order valence-corrected chi connectivity index (χ2v) is 14.3. The molecule has 62 heavy (non-hydrogen) atoms. The van der Waals surface area contributed by atoms with Gasteiger partial charge in [0.15, 0.2) is 0 Å². The third kappa shape index (κ3) is 18.9. The van der Waals surface area contributed by atoms with Crippen molar-refractivity contribution in [2.45, 2.75) is 94.5 Å². The Morgan fingerprint density at radius 1 is 0.532 bits per heavy atom. The molecule has 0 aliphatic carbocycles. The van der Waals surface area contributed by atoms with Crippen LogP contribution in [0.2, 0.25) is 0 Å². The Bertz CT molecular complexity index is 1800. The summed E-state index contributed by atoms with van der Waals surface area (Å²) in [5.41, 5.74) is 6.06. The van der Waals surface area contributed by atoms with Crippen molar-refractivity contribution in [2.24, 2.45) is 5.73 Å². The summed E-state index contributed by atoms with van der Waals surface area (Å²) in [6.07, 6.45) is 0.920. The lowest BCUT2D eigenvalue weighted by atomic mass is 10.1. The number of carboxylic acids is 1. The van der Waals surface area contributed by atoms with Gasteiger partial charge in [0.05, 0.1) is 19.3 Å². The fraction of sp³-hybridized carbons (Fsp3) is 0.488. The van der Waals surface area contributed by atoms with Gasteiger partial charge in [0, 0.05) is 30.6 Å².